The predicted octanol–water partition coefficient (Wildman–Crippen LogP) is 1.74. The van der Waals surface area contributed by atoms with Crippen molar-refractivity contribution in [3.63, 3.8) is 0 Å². The second-order valence-corrected chi connectivity index (χ2v) is 9.22. The summed E-state index contributed by atoms with van der Waals surface area (Å²) in [5.41, 5.74) is 1.46. The monoisotopic (exact) mass is 386 g/mol. The average molecular weight is 385 g/mol. The van der Waals surface area contributed by atoms with E-state index >= 15 is 0 Å². The summed E-state index contributed by atoms with van der Waals surface area (Å²) >= 11 is -0.0286. The second kappa shape index (κ2) is 7.23. The van der Waals surface area contributed by atoms with Crippen LogP contribution >= 0.6 is 0 Å². The van der Waals surface area contributed by atoms with E-state index in [4.69, 9.17) is 0 Å². The number of carbonyl (C=O) groups is 1. The molecule has 0 amide bonds. The molecule has 0 saturated carbocycles. The van der Waals surface area contributed by atoms with Crippen molar-refractivity contribution in [2.45, 2.75) is 37.8 Å². The fourth-order valence-electron chi connectivity index (χ4n) is 4.55. The van der Waals surface area contributed by atoms with Crippen LogP contribution in [0.4, 0.5) is 0 Å². The molecule has 0 aliphatic carbocycles. The van der Waals surface area contributed by atoms with Gasteiger partial charge < -0.3 is 0 Å². The summed E-state index contributed by atoms with van der Waals surface area (Å²) in [6.07, 6.45) is 4.71. The minimum absolute atomic E-state index is 0.0286. The van der Waals surface area contributed by atoms with E-state index in [9.17, 15) is 4.79 Å². The Labute approximate surface area is 150 Å². The van der Waals surface area contributed by atoms with Crippen LogP contribution in [0.1, 0.15) is 37.3 Å². The molecule has 4 atom stereocenters. The Morgan fingerprint density at radius 1 is 0.917 bits per heavy atom. The Kier molecular flexibility index (Phi) is 4.84. The van der Waals surface area contributed by atoms with Gasteiger partial charge in [-0.2, -0.15) is 0 Å². The predicted molar refractivity (Wildman–Crippen MR) is 97.6 cm³/mol. The summed E-state index contributed by atoms with van der Waals surface area (Å²) in [6, 6.07) is 22.4. The van der Waals surface area contributed by atoms with Gasteiger partial charge in [-0.3, -0.25) is 0 Å². The van der Waals surface area contributed by atoms with Crippen LogP contribution in [0, 0.1) is 5.92 Å². The summed E-state index contributed by atoms with van der Waals surface area (Å²) in [4.78, 5) is 14.6. The van der Waals surface area contributed by atoms with E-state index in [1.165, 1.54) is 29.4 Å². The van der Waals surface area contributed by atoms with E-state index in [-0.39, 0.29) is 20.9 Å². The third-order valence-electron chi connectivity index (χ3n) is 5.62. The third-order valence-corrected chi connectivity index (χ3v) is 7.75. The van der Waals surface area contributed by atoms with Crippen LogP contribution in [-0.2, 0) is 4.79 Å². The summed E-state index contributed by atoms with van der Waals surface area (Å²) < 4.78 is 1.74. The molecule has 2 aromatic carbocycles. The molecule has 1 N–H and O–H groups in total. The Bertz CT molecular complexity index is 687. The van der Waals surface area contributed by atoms with Gasteiger partial charge in [0.15, 0.2) is 0 Å². The molecule has 4 rings (SSSR count). The van der Waals surface area contributed by atoms with Crippen molar-refractivity contribution in [2.75, 3.05) is 6.54 Å². The number of quaternary nitrogens is 1. The fraction of sp³-hybridized carbons (Fsp3) is 0.381. The summed E-state index contributed by atoms with van der Waals surface area (Å²) in [7, 11) is 0. The number of nitrogens with one attached hydrogen (secondary N) is 1. The molecule has 0 aromatic heterocycles. The maximum atomic E-state index is 13.0. The fourth-order valence-corrected chi connectivity index (χ4v) is 6.56. The molecule has 2 saturated heterocycles. The van der Waals surface area contributed by atoms with Crippen molar-refractivity contribution in [1.29, 1.82) is 0 Å². The van der Waals surface area contributed by atoms with E-state index in [1.807, 2.05) is 18.2 Å². The van der Waals surface area contributed by atoms with Crippen molar-refractivity contribution in [3.05, 3.63) is 66.2 Å². The Morgan fingerprint density at radius 2 is 1.62 bits per heavy atom. The normalized spacial score (nSPS) is 29.2. The first-order valence-electron chi connectivity index (χ1n) is 9.00. The zero-order valence-corrected chi connectivity index (χ0v) is 15.6. The van der Waals surface area contributed by atoms with Crippen molar-refractivity contribution in [1.82, 2.24) is 0 Å². The Morgan fingerprint density at radius 3 is 2.38 bits per heavy atom. The molecule has 24 heavy (non-hydrogen) atoms. The second-order valence-electron chi connectivity index (χ2n) is 6.95. The Hall–Kier alpha value is -1.41. The van der Waals surface area contributed by atoms with Crippen LogP contribution in [0.5, 0.6) is 0 Å². The van der Waals surface area contributed by atoms with Gasteiger partial charge in [-0.15, -0.1) is 0 Å². The zero-order valence-electron chi connectivity index (χ0n) is 13.9. The van der Waals surface area contributed by atoms with Gasteiger partial charge in [-0.25, -0.2) is 0 Å². The van der Waals surface area contributed by atoms with E-state index in [1.54, 1.807) is 4.90 Å². The van der Waals surface area contributed by atoms with Gasteiger partial charge in [0, 0.05) is 0 Å². The number of hydrogen-bond acceptors (Lipinski definition) is 1. The van der Waals surface area contributed by atoms with E-state index in [0.29, 0.717) is 16.8 Å². The van der Waals surface area contributed by atoms with Gasteiger partial charge in [0.25, 0.3) is 0 Å². The van der Waals surface area contributed by atoms with Gasteiger partial charge in [0.2, 0.25) is 0 Å². The average Bonchev–Trinajstić information content (AvgIpc) is 3.12. The molecule has 2 heterocycles. The van der Waals surface area contributed by atoms with Crippen molar-refractivity contribution >= 4 is 24.1 Å². The van der Waals surface area contributed by atoms with Crippen LogP contribution in [0.2, 0.25) is 0 Å². The molecule has 3 heteroatoms. The van der Waals surface area contributed by atoms with Crippen molar-refractivity contribution in [3.8, 4) is 0 Å². The van der Waals surface area contributed by atoms with Gasteiger partial charge in [-0.05, 0) is 0 Å². The van der Waals surface area contributed by atoms with Crippen LogP contribution in [0.15, 0.2) is 60.7 Å². The molecular weight excluding hydrogens is 361 g/mol. The molecule has 2 aromatic rings. The SMILES string of the molecule is O=C([Se]c1ccccc1)[C@H]1CC[C@@H](c2ccccc2)[NH+]2CCC[C@@H]12. The first kappa shape index (κ1) is 16.1. The standard InChI is InChI=1S/C21H23NOSe/c23-21(24-17-10-5-2-6-11-17)18-13-14-19(16-8-3-1-4-9-16)22-15-7-12-20(18)22/h1-6,8-11,18-20H,7,12-15H2/p+1/t18-,19-,20-/m0/s1. The molecule has 0 spiro atoms. The quantitative estimate of drug-likeness (QED) is 0.796. The number of rotatable bonds is 4. The molecule has 0 bridgehead atoms. The van der Waals surface area contributed by atoms with Crippen LogP contribution in [0.3, 0.4) is 0 Å². The van der Waals surface area contributed by atoms with E-state index in [0.717, 1.165) is 12.8 Å². The topological polar surface area (TPSA) is 21.5 Å². The van der Waals surface area contributed by atoms with Gasteiger partial charge in [0.05, 0.1) is 0 Å². The van der Waals surface area contributed by atoms with Gasteiger partial charge in [0.1, 0.15) is 0 Å². The molecule has 0 radical (unpaired) electrons. The minimum atomic E-state index is -0.0286. The molecule has 2 fully saturated rings. The molecular formula is C21H24NOSe+. The zero-order chi connectivity index (χ0) is 16.4. The number of piperidine rings is 1. The van der Waals surface area contributed by atoms with Gasteiger partial charge >= 0.3 is 150 Å². The molecule has 2 nitrogen and oxygen atoms in total. The molecule has 2 aliphatic rings. The van der Waals surface area contributed by atoms with Crippen molar-refractivity contribution < 1.29 is 9.69 Å². The molecule has 1 unspecified atom stereocenters. The number of carbonyl (C=O) groups excluding carboxylic acids is 1. The molecule has 2 aliphatic heterocycles. The number of hydrogen-bond donors (Lipinski definition) is 1. The van der Waals surface area contributed by atoms with Crippen LogP contribution in [0.25, 0.3) is 0 Å². The first-order valence-corrected chi connectivity index (χ1v) is 10.7. The maximum absolute atomic E-state index is 13.0. The summed E-state index contributed by atoms with van der Waals surface area (Å²) in [6.45, 7) is 1.23. The van der Waals surface area contributed by atoms with Gasteiger partial charge in [-0.1, -0.05) is 0 Å². The van der Waals surface area contributed by atoms with Crippen LogP contribution < -0.4 is 9.36 Å². The summed E-state index contributed by atoms with van der Waals surface area (Å²) in [5, 5.41) is 0. The van der Waals surface area contributed by atoms with Crippen molar-refractivity contribution in [2.24, 2.45) is 5.92 Å². The van der Waals surface area contributed by atoms with Crippen LogP contribution in [-0.4, -0.2) is 32.2 Å². The number of fused-ring (bicyclic) bond motifs is 1. The molecule has 124 valence electrons. The first-order chi connectivity index (χ1) is 11.8. The Balaban J connectivity index is 1.50. The summed E-state index contributed by atoms with van der Waals surface area (Å²) in [5.74, 6) is 0.280. The van der Waals surface area contributed by atoms with E-state index in [2.05, 4.69) is 42.5 Å². The van der Waals surface area contributed by atoms with E-state index < -0.39 is 0 Å². The third kappa shape index (κ3) is 3.21. The number of benzene rings is 2.